The first kappa shape index (κ1) is 15.8. The predicted molar refractivity (Wildman–Crippen MR) is 95.3 cm³/mol. The SMILES string of the molecule is c1ccc2c(c1)CCc1ccccc1C2OCCN1CCOCC1. The van der Waals surface area contributed by atoms with Gasteiger partial charge in [-0.1, -0.05) is 48.5 Å². The van der Waals surface area contributed by atoms with E-state index in [1.807, 2.05) is 0 Å². The Kier molecular flexibility index (Phi) is 4.93. The normalized spacial score (nSPS) is 18.7. The molecule has 126 valence electrons. The predicted octanol–water partition coefficient (Wildman–Crippen LogP) is 3.22. The molecule has 0 amide bonds. The van der Waals surface area contributed by atoms with Gasteiger partial charge < -0.3 is 9.47 Å². The van der Waals surface area contributed by atoms with Gasteiger partial charge in [0.15, 0.2) is 0 Å². The Morgan fingerprint density at radius 1 is 0.875 bits per heavy atom. The summed E-state index contributed by atoms with van der Waals surface area (Å²) >= 11 is 0. The van der Waals surface area contributed by atoms with E-state index >= 15 is 0 Å². The Balaban J connectivity index is 1.54. The van der Waals surface area contributed by atoms with Crippen LogP contribution < -0.4 is 0 Å². The molecular formula is C21H25NO2. The number of aryl methyl sites for hydroxylation is 2. The maximum atomic E-state index is 6.44. The van der Waals surface area contributed by atoms with Crippen LogP contribution in [-0.4, -0.2) is 44.4 Å². The summed E-state index contributed by atoms with van der Waals surface area (Å²) in [6, 6.07) is 17.5. The van der Waals surface area contributed by atoms with Gasteiger partial charge in [0.1, 0.15) is 6.10 Å². The van der Waals surface area contributed by atoms with E-state index in [0.29, 0.717) is 0 Å². The van der Waals surface area contributed by atoms with Crippen LogP contribution in [0.5, 0.6) is 0 Å². The van der Waals surface area contributed by atoms with Crippen LogP contribution in [-0.2, 0) is 22.3 Å². The van der Waals surface area contributed by atoms with Gasteiger partial charge in [0.25, 0.3) is 0 Å². The lowest BCUT2D eigenvalue weighted by Crippen LogP contribution is -2.38. The van der Waals surface area contributed by atoms with Gasteiger partial charge in [-0.3, -0.25) is 4.90 Å². The van der Waals surface area contributed by atoms with Crippen LogP contribution in [0.3, 0.4) is 0 Å². The number of rotatable bonds is 4. The Hall–Kier alpha value is -1.68. The van der Waals surface area contributed by atoms with Crippen molar-refractivity contribution in [2.75, 3.05) is 39.5 Å². The first-order chi connectivity index (χ1) is 11.9. The molecule has 3 nitrogen and oxygen atoms in total. The molecule has 0 spiro atoms. The molecule has 1 aliphatic heterocycles. The van der Waals surface area contributed by atoms with Gasteiger partial charge in [0.05, 0.1) is 19.8 Å². The maximum absolute atomic E-state index is 6.44. The third-order valence-electron chi connectivity index (χ3n) is 5.13. The van der Waals surface area contributed by atoms with E-state index < -0.39 is 0 Å². The van der Waals surface area contributed by atoms with Gasteiger partial charge in [-0.2, -0.15) is 0 Å². The molecule has 1 fully saturated rings. The third kappa shape index (κ3) is 3.39. The fourth-order valence-electron chi connectivity index (χ4n) is 3.78. The first-order valence-electron chi connectivity index (χ1n) is 8.99. The number of benzene rings is 2. The van der Waals surface area contributed by atoms with E-state index in [0.717, 1.165) is 52.3 Å². The molecule has 2 aliphatic rings. The molecule has 1 aliphatic carbocycles. The van der Waals surface area contributed by atoms with E-state index in [2.05, 4.69) is 53.4 Å². The van der Waals surface area contributed by atoms with Gasteiger partial charge in [0, 0.05) is 19.6 Å². The zero-order chi connectivity index (χ0) is 16.2. The Labute approximate surface area is 144 Å². The fraction of sp³-hybridized carbons (Fsp3) is 0.429. The highest BCUT2D eigenvalue weighted by Crippen LogP contribution is 2.34. The zero-order valence-electron chi connectivity index (χ0n) is 14.1. The summed E-state index contributed by atoms with van der Waals surface area (Å²) in [6.07, 6.45) is 2.24. The lowest BCUT2D eigenvalue weighted by Gasteiger charge is -2.28. The second-order valence-corrected chi connectivity index (χ2v) is 6.60. The minimum absolute atomic E-state index is 0.0564. The molecule has 0 N–H and O–H groups in total. The summed E-state index contributed by atoms with van der Waals surface area (Å²) in [7, 11) is 0. The van der Waals surface area contributed by atoms with Gasteiger partial charge in [0.2, 0.25) is 0 Å². The minimum Gasteiger partial charge on any atom is -0.379 e. The van der Waals surface area contributed by atoms with E-state index in [1.165, 1.54) is 22.3 Å². The van der Waals surface area contributed by atoms with Crippen LogP contribution in [0.25, 0.3) is 0 Å². The van der Waals surface area contributed by atoms with Gasteiger partial charge in [-0.25, -0.2) is 0 Å². The topological polar surface area (TPSA) is 21.7 Å². The summed E-state index contributed by atoms with van der Waals surface area (Å²) in [5.41, 5.74) is 5.52. The van der Waals surface area contributed by atoms with Crippen molar-refractivity contribution in [2.45, 2.75) is 18.9 Å². The lowest BCUT2D eigenvalue weighted by molar-refractivity contribution is 0.00959. The number of ether oxygens (including phenoxy) is 2. The van der Waals surface area contributed by atoms with Crippen molar-refractivity contribution in [1.29, 1.82) is 0 Å². The van der Waals surface area contributed by atoms with E-state index in [1.54, 1.807) is 0 Å². The molecule has 0 unspecified atom stereocenters. The molecule has 2 aromatic rings. The maximum Gasteiger partial charge on any atom is 0.108 e. The van der Waals surface area contributed by atoms with Crippen LogP contribution in [0.2, 0.25) is 0 Å². The molecule has 0 radical (unpaired) electrons. The smallest absolute Gasteiger partial charge is 0.108 e. The van der Waals surface area contributed by atoms with E-state index in [9.17, 15) is 0 Å². The molecule has 1 heterocycles. The largest absolute Gasteiger partial charge is 0.379 e. The number of fused-ring (bicyclic) bond motifs is 2. The first-order valence-corrected chi connectivity index (χ1v) is 8.99. The molecule has 0 atom stereocenters. The summed E-state index contributed by atoms with van der Waals surface area (Å²) in [5, 5.41) is 0. The molecule has 0 bridgehead atoms. The minimum atomic E-state index is 0.0564. The number of nitrogens with zero attached hydrogens (tertiary/aromatic N) is 1. The summed E-state index contributed by atoms with van der Waals surface area (Å²) < 4.78 is 11.9. The van der Waals surface area contributed by atoms with Crippen LogP contribution in [0.1, 0.15) is 28.4 Å². The Morgan fingerprint density at radius 3 is 2.08 bits per heavy atom. The highest BCUT2D eigenvalue weighted by molar-refractivity contribution is 5.43. The molecule has 0 aromatic heterocycles. The number of morpholine rings is 1. The van der Waals surface area contributed by atoms with Gasteiger partial charge in [-0.15, -0.1) is 0 Å². The zero-order valence-corrected chi connectivity index (χ0v) is 14.1. The highest BCUT2D eigenvalue weighted by Gasteiger charge is 2.24. The molecule has 4 rings (SSSR count). The number of hydrogen-bond acceptors (Lipinski definition) is 3. The quantitative estimate of drug-likeness (QED) is 0.862. The Morgan fingerprint density at radius 2 is 1.46 bits per heavy atom. The summed E-state index contributed by atoms with van der Waals surface area (Å²) in [5.74, 6) is 0. The molecule has 2 aromatic carbocycles. The van der Waals surface area contributed by atoms with E-state index in [4.69, 9.17) is 9.47 Å². The van der Waals surface area contributed by atoms with Crippen molar-refractivity contribution < 1.29 is 9.47 Å². The Bertz CT molecular complexity index is 632. The van der Waals surface area contributed by atoms with Crippen LogP contribution in [0, 0.1) is 0 Å². The second kappa shape index (κ2) is 7.47. The van der Waals surface area contributed by atoms with Crippen LogP contribution >= 0.6 is 0 Å². The molecule has 3 heteroatoms. The second-order valence-electron chi connectivity index (χ2n) is 6.60. The van der Waals surface area contributed by atoms with Crippen molar-refractivity contribution in [3.05, 3.63) is 70.8 Å². The molecule has 0 saturated carbocycles. The number of hydrogen-bond donors (Lipinski definition) is 0. The molecule has 24 heavy (non-hydrogen) atoms. The monoisotopic (exact) mass is 323 g/mol. The third-order valence-corrected chi connectivity index (χ3v) is 5.13. The summed E-state index contributed by atoms with van der Waals surface area (Å²) in [4.78, 5) is 2.43. The van der Waals surface area contributed by atoms with Crippen molar-refractivity contribution in [1.82, 2.24) is 4.90 Å². The van der Waals surface area contributed by atoms with Crippen molar-refractivity contribution in [2.24, 2.45) is 0 Å². The standard InChI is InChI=1S/C21H25NO2/c1-3-7-19-17(5-1)9-10-18-6-2-4-8-20(18)21(19)24-16-13-22-11-14-23-15-12-22/h1-8,21H,9-16H2. The highest BCUT2D eigenvalue weighted by atomic mass is 16.5. The van der Waals surface area contributed by atoms with Crippen molar-refractivity contribution in [3.8, 4) is 0 Å². The van der Waals surface area contributed by atoms with Gasteiger partial charge in [-0.05, 0) is 35.1 Å². The van der Waals surface area contributed by atoms with Crippen molar-refractivity contribution in [3.63, 3.8) is 0 Å². The molecule has 1 saturated heterocycles. The van der Waals surface area contributed by atoms with Gasteiger partial charge >= 0.3 is 0 Å². The average molecular weight is 323 g/mol. The van der Waals surface area contributed by atoms with Crippen molar-refractivity contribution >= 4 is 0 Å². The lowest BCUT2D eigenvalue weighted by atomic mass is 9.97. The van der Waals surface area contributed by atoms with Crippen LogP contribution in [0.4, 0.5) is 0 Å². The fourth-order valence-corrected chi connectivity index (χ4v) is 3.78. The van der Waals surface area contributed by atoms with Crippen LogP contribution in [0.15, 0.2) is 48.5 Å². The molecular weight excluding hydrogens is 298 g/mol. The summed E-state index contributed by atoms with van der Waals surface area (Å²) in [6.45, 7) is 5.45. The van der Waals surface area contributed by atoms with E-state index in [-0.39, 0.29) is 6.10 Å². The average Bonchev–Trinajstić information content (AvgIpc) is 2.80.